The second-order valence-corrected chi connectivity index (χ2v) is 11.5. The van der Waals surface area contributed by atoms with Gasteiger partial charge in [0.25, 0.3) is 0 Å². The van der Waals surface area contributed by atoms with Gasteiger partial charge in [-0.25, -0.2) is 5.43 Å². The molecule has 0 radical (unpaired) electrons. The molecule has 2 aromatic heterocycles. The molecule has 1 amide bonds. The van der Waals surface area contributed by atoms with Crippen molar-refractivity contribution in [2.24, 2.45) is 5.10 Å². The van der Waals surface area contributed by atoms with Crippen molar-refractivity contribution in [2.75, 3.05) is 0 Å². The quantitative estimate of drug-likeness (QED) is 0.0832. The Bertz CT molecular complexity index is 1880. The minimum Gasteiger partial charge on any atom is -0.486 e. The molecule has 0 unspecified atom stereocenters. The van der Waals surface area contributed by atoms with Crippen LogP contribution in [0.15, 0.2) is 92.9 Å². The van der Waals surface area contributed by atoms with E-state index in [0.29, 0.717) is 37.2 Å². The summed E-state index contributed by atoms with van der Waals surface area (Å²) in [4.78, 5) is 23.8. The third kappa shape index (κ3) is 7.75. The van der Waals surface area contributed by atoms with Gasteiger partial charge in [0, 0.05) is 44.3 Å². The number of aryl methyl sites for hydroxylation is 2. The van der Waals surface area contributed by atoms with Crippen LogP contribution in [0.3, 0.4) is 0 Å². The van der Waals surface area contributed by atoms with Gasteiger partial charge >= 0.3 is 11.6 Å². The fourth-order valence-electron chi connectivity index (χ4n) is 4.46. The number of amides is 1. The van der Waals surface area contributed by atoms with Crippen molar-refractivity contribution >= 4 is 56.9 Å². The predicted octanol–water partition coefficient (Wildman–Crippen LogP) is 8.59. The maximum absolute atomic E-state index is 12.6. The Labute approximate surface area is 276 Å². The van der Waals surface area contributed by atoms with Gasteiger partial charge in [-0.05, 0) is 96.5 Å². The number of carbonyl (C=O) groups is 1. The summed E-state index contributed by atoms with van der Waals surface area (Å²) < 4.78 is 19.6. The molecule has 5 rings (SSSR count). The van der Waals surface area contributed by atoms with Crippen LogP contribution >= 0.6 is 39.1 Å². The summed E-state index contributed by atoms with van der Waals surface area (Å²) in [5.41, 5.74) is 6.31. The third-order valence-corrected chi connectivity index (χ3v) is 7.82. The van der Waals surface area contributed by atoms with Crippen LogP contribution in [-0.4, -0.2) is 21.6 Å². The van der Waals surface area contributed by atoms with Crippen molar-refractivity contribution in [3.05, 3.63) is 138 Å². The molecule has 13 heteroatoms. The van der Waals surface area contributed by atoms with Crippen molar-refractivity contribution in [2.45, 2.75) is 27.1 Å². The van der Waals surface area contributed by atoms with Gasteiger partial charge in [0.15, 0.2) is 5.76 Å². The fraction of sp³-hybridized carbons (Fsp3) is 0.125. The Hall–Kier alpha value is -4.58. The lowest BCUT2D eigenvalue weighted by Crippen LogP contribution is -2.16. The van der Waals surface area contributed by atoms with E-state index >= 15 is 0 Å². The predicted molar refractivity (Wildman–Crippen MR) is 175 cm³/mol. The first-order valence-corrected chi connectivity index (χ1v) is 15.0. The molecule has 0 aliphatic heterocycles. The van der Waals surface area contributed by atoms with Crippen molar-refractivity contribution in [3.63, 3.8) is 0 Å². The first kappa shape index (κ1) is 31.8. The third-order valence-electron chi connectivity index (χ3n) is 6.64. The Balaban J connectivity index is 1.17. The van der Waals surface area contributed by atoms with Crippen LogP contribution in [0.25, 0.3) is 5.69 Å². The lowest BCUT2D eigenvalue weighted by Gasteiger charge is -2.11. The number of carbonyl (C=O) groups excluding carboxylic acids is 1. The molecule has 0 aliphatic carbocycles. The molecule has 0 atom stereocenters. The fourth-order valence-corrected chi connectivity index (χ4v) is 5.51. The van der Waals surface area contributed by atoms with Gasteiger partial charge in [0.2, 0.25) is 5.75 Å². The SMILES string of the molecule is Cc1ccc(C)n1-c1ccc(OCc2ccc(C(=O)N/N=C/c3cc(Br)c(OCc4ccc(Cl)cc4Cl)c([N+](=O)[O-])c3)o2)cc1. The Morgan fingerprint density at radius 1 is 1.00 bits per heavy atom. The van der Waals surface area contributed by atoms with Crippen molar-refractivity contribution in [1.82, 2.24) is 9.99 Å². The second kappa shape index (κ2) is 14.0. The molecule has 0 spiro atoms. The van der Waals surface area contributed by atoms with Gasteiger partial charge in [-0.1, -0.05) is 29.3 Å². The molecule has 0 fully saturated rings. The molecule has 45 heavy (non-hydrogen) atoms. The molecule has 230 valence electrons. The smallest absolute Gasteiger partial charge is 0.312 e. The van der Waals surface area contributed by atoms with E-state index in [2.05, 4.69) is 43.2 Å². The number of benzene rings is 3. The van der Waals surface area contributed by atoms with Crippen LogP contribution in [-0.2, 0) is 13.2 Å². The molecule has 0 aliphatic rings. The molecule has 0 bridgehead atoms. The standard InChI is InChI=1S/C32H25BrCl2N4O6/c1-19-3-4-20(2)38(19)24-7-9-25(10-8-24)43-18-26-11-12-30(45-26)32(40)37-36-16-21-13-27(33)31(29(14-21)39(41)42)44-17-22-5-6-23(34)15-28(22)35/h3-16H,17-18H2,1-2H3,(H,37,40)/b36-16+. The lowest BCUT2D eigenvalue weighted by atomic mass is 10.2. The maximum Gasteiger partial charge on any atom is 0.312 e. The number of rotatable bonds is 11. The summed E-state index contributed by atoms with van der Waals surface area (Å²) in [6.45, 7) is 4.20. The zero-order valence-electron chi connectivity index (χ0n) is 23.9. The average Bonchev–Trinajstić information content (AvgIpc) is 3.62. The van der Waals surface area contributed by atoms with E-state index in [1.807, 2.05) is 38.1 Å². The lowest BCUT2D eigenvalue weighted by molar-refractivity contribution is -0.386. The number of hydrogen-bond donors (Lipinski definition) is 1. The number of nitrogens with zero attached hydrogens (tertiary/aromatic N) is 3. The number of ether oxygens (including phenoxy) is 2. The van der Waals surface area contributed by atoms with E-state index in [-0.39, 0.29) is 30.4 Å². The summed E-state index contributed by atoms with van der Waals surface area (Å²) in [6.07, 6.45) is 1.27. The van der Waals surface area contributed by atoms with E-state index in [1.54, 1.807) is 30.3 Å². The van der Waals surface area contributed by atoms with Crippen LogP contribution in [0.4, 0.5) is 5.69 Å². The van der Waals surface area contributed by atoms with E-state index in [1.165, 1.54) is 18.3 Å². The minimum absolute atomic E-state index is 0.0135. The monoisotopic (exact) mass is 710 g/mol. The van der Waals surface area contributed by atoms with E-state index < -0.39 is 10.8 Å². The molecule has 1 N–H and O–H groups in total. The normalized spacial score (nSPS) is 11.1. The van der Waals surface area contributed by atoms with Gasteiger partial charge < -0.3 is 18.5 Å². The van der Waals surface area contributed by atoms with Crippen LogP contribution in [0, 0.1) is 24.0 Å². The largest absolute Gasteiger partial charge is 0.486 e. The Morgan fingerprint density at radius 3 is 2.42 bits per heavy atom. The van der Waals surface area contributed by atoms with Crippen LogP contribution in [0.5, 0.6) is 11.5 Å². The summed E-state index contributed by atoms with van der Waals surface area (Å²) in [7, 11) is 0. The minimum atomic E-state index is -0.604. The zero-order valence-corrected chi connectivity index (χ0v) is 27.0. The number of nitrogens with one attached hydrogen (secondary N) is 1. The zero-order chi connectivity index (χ0) is 32.1. The highest BCUT2D eigenvalue weighted by Crippen LogP contribution is 2.37. The molecular formula is C32H25BrCl2N4O6. The average molecular weight is 712 g/mol. The number of hydrazone groups is 1. The van der Waals surface area contributed by atoms with E-state index in [9.17, 15) is 14.9 Å². The molecular weight excluding hydrogens is 687 g/mol. The maximum atomic E-state index is 12.6. The number of nitro groups is 1. The second-order valence-electron chi connectivity index (χ2n) is 9.83. The topological polar surface area (TPSA) is 121 Å². The summed E-state index contributed by atoms with van der Waals surface area (Å²) in [5.74, 6) is 0.530. The van der Waals surface area contributed by atoms with Gasteiger partial charge in [0.1, 0.15) is 24.7 Å². The Kier molecular flexibility index (Phi) is 9.92. The van der Waals surface area contributed by atoms with E-state index in [0.717, 1.165) is 17.1 Å². The highest BCUT2D eigenvalue weighted by Gasteiger charge is 2.21. The van der Waals surface area contributed by atoms with Crippen LogP contribution < -0.4 is 14.9 Å². The van der Waals surface area contributed by atoms with Gasteiger partial charge in [-0.15, -0.1) is 0 Å². The van der Waals surface area contributed by atoms with Gasteiger partial charge in [-0.3, -0.25) is 14.9 Å². The molecule has 3 aromatic carbocycles. The van der Waals surface area contributed by atoms with Crippen molar-refractivity contribution < 1.29 is 23.6 Å². The molecule has 5 aromatic rings. The number of furan rings is 1. The number of halogens is 3. The molecule has 10 nitrogen and oxygen atoms in total. The first-order chi connectivity index (χ1) is 21.6. The summed E-state index contributed by atoms with van der Waals surface area (Å²) in [5, 5.41) is 16.5. The van der Waals surface area contributed by atoms with Gasteiger partial charge in [0.05, 0.1) is 15.6 Å². The number of aromatic nitrogens is 1. The van der Waals surface area contributed by atoms with Crippen LogP contribution in [0.2, 0.25) is 10.0 Å². The Morgan fingerprint density at radius 2 is 1.73 bits per heavy atom. The number of nitro benzene ring substituents is 1. The summed E-state index contributed by atoms with van der Waals surface area (Å²) in [6, 6.07) is 22.7. The number of hydrogen-bond acceptors (Lipinski definition) is 7. The van der Waals surface area contributed by atoms with Crippen molar-refractivity contribution in [1.29, 1.82) is 0 Å². The molecule has 0 saturated carbocycles. The van der Waals surface area contributed by atoms with Crippen LogP contribution in [0.1, 0.15) is 38.8 Å². The summed E-state index contributed by atoms with van der Waals surface area (Å²) >= 11 is 15.4. The highest BCUT2D eigenvalue weighted by molar-refractivity contribution is 9.10. The first-order valence-electron chi connectivity index (χ1n) is 13.4. The molecule has 0 saturated heterocycles. The highest BCUT2D eigenvalue weighted by atomic mass is 79.9. The van der Waals surface area contributed by atoms with Crippen molar-refractivity contribution in [3.8, 4) is 17.2 Å². The van der Waals surface area contributed by atoms with E-state index in [4.69, 9.17) is 37.1 Å². The van der Waals surface area contributed by atoms with Gasteiger partial charge in [-0.2, -0.15) is 5.10 Å². The molecule has 2 heterocycles.